The third kappa shape index (κ3) is 2.23. The summed E-state index contributed by atoms with van der Waals surface area (Å²) in [5, 5.41) is 0. The summed E-state index contributed by atoms with van der Waals surface area (Å²) in [6.45, 7) is 8.43. The van der Waals surface area contributed by atoms with Gasteiger partial charge in [0.1, 0.15) is 6.10 Å². The number of carbonyl (C=O) groups excluding carboxylic acids is 1. The summed E-state index contributed by atoms with van der Waals surface area (Å²) in [4.78, 5) is 11.3. The van der Waals surface area contributed by atoms with Crippen LogP contribution < -0.4 is 0 Å². The summed E-state index contributed by atoms with van der Waals surface area (Å²) in [7, 11) is 0. The van der Waals surface area contributed by atoms with E-state index in [-0.39, 0.29) is 18.0 Å². The highest BCUT2D eigenvalue weighted by Crippen LogP contribution is 2.30. The molecular weight excluding hydrogens is 164 g/mol. The molecule has 76 valence electrons. The molecule has 2 nitrogen and oxygen atoms in total. The molecule has 1 rings (SSSR count). The number of hydrogen-bond acceptors (Lipinski definition) is 2. The monoisotopic (exact) mass is 184 g/mol. The minimum Gasteiger partial charge on any atom is -0.462 e. The number of esters is 1. The summed E-state index contributed by atoms with van der Waals surface area (Å²) in [5.74, 6) is 1.09. The lowest BCUT2D eigenvalue weighted by atomic mass is 9.83. The number of cyclic esters (lactones) is 1. The van der Waals surface area contributed by atoms with Gasteiger partial charge < -0.3 is 4.74 Å². The van der Waals surface area contributed by atoms with Gasteiger partial charge in [0.05, 0.1) is 5.92 Å². The molecule has 1 aliphatic heterocycles. The molecule has 1 saturated heterocycles. The van der Waals surface area contributed by atoms with Gasteiger partial charge in [-0.1, -0.05) is 34.1 Å². The first-order chi connectivity index (χ1) is 6.06. The van der Waals surface area contributed by atoms with Crippen LogP contribution in [0.2, 0.25) is 0 Å². The Labute approximate surface area is 80.7 Å². The zero-order valence-electron chi connectivity index (χ0n) is 9.04. The van der Waals surface area contributed by atoms with Crippen molar-refractivity contribution in [3.05, 3.63) is 0 Å². The Morgan fingerprint density at radius 1 is 1.54 bits per heavy atom. The summed E-state index contributed by atoms with van der Waals surface area (Å²) >= 11 is 0. The topological polar surface area (TPSA) is 26.3 Å². The molecule has 0 saturated carbocycles. The molecule has 4 atom stereocenters. The minimum absolute atomic E-state index is 0.0107. The predicted octanol–water partition coefficient (Wildman–Crippen LogP) is 2.62. The molecule has 0 aliphatic carbocycles. The molecule has 0 N–H and O–H groups in total. The molecule has 0 aromatic heterocycles. The van der Waals surface area contributed by atoms with Crippen molar-refractivity contribution in [2.24, 2.45) is 17.8 Å². The van der Waals surface area contributed by atoms with Crippen LogP contribution in [0.15, 0.2) is 0 Å². The van der Waals surface area contributed by atoms with E-state index in [0.29, 0.717) is 11.8 Å². The normalized spacial score (nSPS) is 36.9. The number of hydrogen-bond donors (Lipinski definition) is 0. The molecule has 0 aromatic rings. The lowest BCUT2D eigenvalue weighted by Crippen LogP contribution is -2.39. The SMILES string of the molecule is CC[C@@H](C)[C@H]1OC(=O)[C@H](C)C[C@@H]1C. The summed E-state index contributed by atoms with van der Waals surface area (Å²) in [6, 6.07) is 0. The Morgan fingerprint density at radius 3 is 2.69 bits per heavy atom. The van der Waals surface area contributed by atoms with E-state index in [4.69, 9.17) is 4.74 Å². The molecule has 0 aromatic carbocycles. The van der Waals surface area contributed by atoms with Crippen LogP contribution in [0.4, 0.5) is 0 Å². The smallest absolute Gasteiger partial charge is 0.308 e. The molecule has 1 aliphatic rings. The molecular formula is C11H20O2. The van der Waals surface area contributed by atoms with Crippen molar-refractivity contribution in [2.75, 3.05) is 0 Å². The van der Waals surface area contributed by atoms with Crippen molar-refractivity contribution in [3.63, 3.8) is 0 Å². The minimum atomic E-state index is -0.0107. The van der Waals surface area contributed by atoms with Crippen molar-refractivity contribution in [1.82, 2.24) is 0 Å². The van der Waals surface area contributed by atoms with Gasteiger partial charge in [-0.2, -0.15) is 0 Å². The number of rotatable bonds is 2. The summed E-state index contributed by atoms with van der Waals surface area (Å²) < 4.78 is 5.42. The Morgan fingerprint density at radius 2 is 2.15 bits per heavy atom. The first kappa shape index (κ1) is 10.6. The van der Waals surface area contributed by atoms with Crippen molar-refractivity contribution >= 4 is 5.97 Å². The maximum absolute atomic E-state index is 11.3. The Kier molecular flexibility index (Phi) is 3.34. The molecule has 2 heteroatoms. The van der Waals surface area contributed by atoms with Crippen LogP contribution >= 0.6 is 0 Å². The zero-order chi connectivity index (χ0) is 10.0. The second-order valence-electron chi connectivity index (χ2n) is 4.40. The van der Waals surface area contributed by atoms with Gasteiger partial charge >= 0.3 is 5.97 Å². The maximum Gasteiger partial charge on any atom is 0.308 e. The van der Waals surface area contributed by atoms with Crippen molar-refractivity contribution in [3.8, 4) is 0 Å². The Balaban J connectivity index is 2.61. The van der Waals surface area contributed by atoms with Crippen LogP contribution in [0.5, 0.6) is 0 Å². The highest BCUT2D eigenvalue weighted by atomic mass is 16.5. The molecule has 1 fully saturated rings. The van der Waals surface area contributed by atoms with Crippen LogP contribution in [-0.2, 0) is 9.53 Å². The summed E-state index contributed by atoms with van der Waals surface area (Å²) in [6.07, 6.45) is 2.21. The fourth-order valence-electron chi connectivity index (χ4n) is 2.06. The average Bonchev–Trinajstić information content (AvgIpc) is 2.10. The molecule has 1 heterocycles. The van der Waals surface area contributed by atoms with Gasteiger partial charge in [-0.15, -0.1) is 0 Å². The maximum atomic E-state index is 11.3. The van der Waals surface area contributed by atoms with Gasteiger partial charge in [0.2, 0.25) is 0 Å². The van der Waals surface area contributed by atoms with Crippen LogP contribution in [0.25, 0.3) is 0 Å². The fourth-order valence-corrected chi connectivity index (χ4v) is 2.06. The highest BCUT2D eigenvalue weighted by molar-refractivity contribution is 5.73. The quantitative estimate of drug-likeness (QED) is 0.617. The van der Waals surface area contributed by atoms with Crippen LogP contribution in [0, 0.1) is 17.8 Å². The van der Waals surface area contributed by atoms with Crippen molar-refractivity contribution in [1.29, 1.82) is 0 Å². The van der Waals surface area contributed by atoms with E-state index in [0.717, 1.165) is 12.8 Å². The van der Waals surface area contributed by atoms with E-state index in [9.17, 15) is 4.79 Å². The van der Waals surface area contributed by atoms with E-state index in [2.05, 4.69) is 20.8 Å². The van der Waals surface area contributed by atoms with Crippen molar-refractivity contribution in [2.45, 2.75) is 46.6 Å². The van der Waals surface area contributed by atoms with Crippen LogP contribution in [0.1, 0.15) is 40.5 Å². The largest absolute Gasteiger partial charge is 0.462 e. The van der Waals surface area contributed by atoms with E-state index in [1.165, 1.54) is 0 Å². The molecule has 0 radical (unpaired) electrons. The Hall–Kier alpha value is -0.530. The third-order valence-corrected chi connectivity index (χ3v) is 3.15. The highest BCUT2D eigenvalue weighted by Gasteiger charge is 2.35. The van der Waals surface area contributed by atoms with Crippen LogP contribution in [-0.4, -0.2) is 12.1 Å². The Bertz CT molecular complexity index is 189. The lowest BCUT2D eigenvalue weighted by Gasteiger charge is -2.35. The molecule has 0 amide bonds. The second kappa shape index (κ2) is 4.12. The average molecular weight is 184 g/mol. The van der Waals surface area contributed by atoms with E-state index < -0.39 is 0 Å². The first-order valence-corrected chi connectivity index (χ1v) is 5.26. The van der Waals surface area contributed by atoms with E-state index >= 15 is 0 Å². The number of carbonyl (C=O) groups is 1. The van der Waals surface area contributed by atoms with Gasteiger partial charge in [-0.05, 0) is 18.3 Å². The first-order valence-electron chi connectivity index (χ1n) is 5.26. The predicted molar refractivity (Wildman–Crippen MR) is 52.3 cm³/mol. The van der Waals surface area contributed by atoms with E-state index in [1.54, 1.807) is 0 Å². The van der Waals surface area contributed by atoms with Gasteiger partial charge in [0, 0.05) is 0 Å². The second-order valence-corrected chi connectivity index (χ2v) is 4.40. The standard InChI is InChI=1S/C11H20O2/c1-5-7(2)10-8(3)6-9(4)11(12)13-10/h7-10H,5-6H2,1-4H3/t7-,8+,9-,10-/m1/s1. The van der Waals surface area contributed by atoms with E-state index in [1.807, 2.05) is 6.92 Å². The van der Waals surface area contributed by atoms with Gasteiger partial charge in [-0.25, -0.2) is 0 Å². The molecule has 13 heavy (non-hydrogen) atoms. The molecule has 0 spiro atoms. The van der Waals surface area contributed by atoms with Gasteiger partial charge in [0.15, 0.2) is 0 Å². The van der Waals surface area contributed by atoms with Gasteiger partial charge in [0.25, 0.3) is 0 Å². The third-order valence-electron chi connectivity index (χ3n) is 3.15. The summed E-state index contributed by atoms with van der Waals surface area (Å²) in [5.41, 5.74) is 0. The molecule has 0 bridgehead atoms. The fraction of sp³-hybridized carbons (Fsp3) is 0.909. The zero-order valence-corrected chi connectivity index (χ0v) is 9.04. The van der Waals surface area contributed by atoms with Crippen molar-refractivity contribution < 1.29 is 9.53 Å². The molecule has 0 unspecified atom stereocenters. The lowest BCUT2D eigenvalue weighted by molar-refractivity contribution is -0.168. The van der Waals surface area contributed by atoms with Gasteiger partial charge in [-0.3, -0.25) is 4.79 Å². The number of ether oxygens (including phenoxy) is 1. The van der Waals surface area contributed by atoms with Crippen LogP contribution in [0.3, 0.4) is 0 Å².